The maximum absolute atomic E-state index is 4.57. The molecule has 0 saturated carbocycles. The van der Waals surface area contributed by atoms with Crippen LogP contribution in [-0.2, 0) is 26.9 Å². The van der Waals surface area contributed by atoms with Gasteiger partial charge in [0, 0.05) is 20.5 Å². The van der Waals surface area contributed by atoms with Crippen LogP contribution in [0.1, 0.15) is 42.7 Å². The van der Waals surface area contributed by atoms with Gasteiger partial charge in [-0.3, -0.25) is 9.36 Å². The van der Waals surface area contributed by atoms with Crippen molar-refractivity contribution < 1.29 is 0 Å². The van der Waals surface area contributed by atoms with Crippen LogP contribution in [0.3, 0.4) is 0 Å². The largest absolute Gasteiger partial charge is 0.309 e. The Balaban J connectivity index is 2.32. The van der Waals surface area contributed by atoms with Crippen LogP contribution in [0.4, 0.5) is 0 Å². The molecule has 6 heteroatoms. The van der Waals surface area contributed by atoms with E-state index in [1.165, 1.54) is 11.4 Å². The van der Waals surface area contributed by atoms with Gasteiger partial charge in [0.25, 0.3) is 0 Å². The van der Waals surface area contributed by atoms with Gasteiger partial charge in [0.05, 0.1) is 33.3 Å². The Morgan fingerprint density at radius 3 is 2.43 bits per heavy atom. The second kappa shape index (κ2) is 6.75. The Kier molecular flexibility index (Phi) is 5.22. The van der Waals surface area contributed by atoms with Gasteiger partial charge in [0.2, 0.25) is 0 Å². The van der Waals surface area contributed by atoms with Crippen molar-refractivity contribution in [1.29, 1.82) is 0 Å². The van der Waals surface area contributed by atoms with E-state index in [2.05, 4.69) is 51.4 Å². The first-order chi connectivity index (χ1) is 9.97. The fourth-order valence-electron chi connectivity index (χ4n) is 2.67. The van der Waals surface area contributed by atoms with Gasteiger partial charge in [-0.05, 0) is 41.9 Å². The topological polar surface area (TPSA) is 47.7 Å². The highest BCUT2D eigenvalue weighted by atomic mass is 79.9. The molecule has 0 saturated heterocycles. The van der Waals surface area contributed by atoms with E-state index in [1.54, 1.807) is 0 Å². The first-order valence-corrected chi connectivity index (χ1v) is 8.21. The molecule has 0 aliphatic rings. The van der Waals surface area contributed by atoms with Crippen LogP contribution in [0.25, 0.3) is 0 Å². The molecule has 0 aliphatic carbocycles. The number of hydrogen-bond acceptors (Lipinski definition) is 3. The van der Waals surface area contributed by atoms with E-state index >= 15 is 0 Å². The highest BCUT2D eigenvalue weighted by molar-refractivity contribution is 9.10. The minimum absolute atomic E-state index is 0.235. The summed E-state index contributed by atoms with van der Waals surface area (Å²) >= 11 is 3.66. The fourth-order valence-corrected chi connectivity index (χ4v) is 3.16. The quantitative estimate of drug-likeness (QED) is 0.868. The minimum atomic E-state index is 0.235. The molecular formula is C15H24BrN5. The van der Waals surface area contributed by atoms with Gasteiger partial charge < -0.3 is 5.32 Å². The van der Waals surface area contributed by atoms with E-state index in [-0.39, 0.29) is 6.04 Å². The van der Waals surface area contributed by atoms with Crippen molar-refractivity contribution in [3.05, 3.63) is 33.3 Å². The van der Waals surface area contributed by atoms with Gasteiger partial charge >= 0.3 is 0 Å². The third-order valence-corrected chi connectivity index (χ3v) is 4.83. The maximum atomic E-state index is 4.57. The summed E-state index contributed by atoms with van der Waals surface area (Å²) in [6, 6.07) is 2.43. The molecule has 1 atom stereocenters. The normalized spacial score (nSPS) is 12.9. The van der Waals surface area contributed by atoms with E-state index in [4.69, 9.17) is 0 Å². The van der Waals surface area contributed by atoms with Crippen LogP contribution >= 0.6 is 15.9 Å². The number of nitrogens with one attached hydrogen (secondary N) is 1. The van der Waals surface area contributed by atoms with Crippen molar-refractivity contribution in [2.24, 2.45) is 14.1 Å². The van der Waals surface area contributed by atoms with Crippen LogP contribution < -0.4 is 5.32 Å². The molecular weight excluding hydrogens is 330 g/mol. The zero-order valence-electron chi connectivity index (χ0n) is 13.4. The predicted molar refractivity (Wildman–Crippen MR) is 88.4 cm³/mol. The Morgan fingerprint density at radius 2 is 1.95 bits per heavy atom. The predicted octanol–water partition coefficient (Wildman–Crippen LogP) is 2.68. The lowest BCUT2D eigenvalue weighted by atomic mass is 10.1. The third kappa shape index (κ3) is 3.37. The summed E-state index contributed by atoms with van der Waals surface area (Å²) in [4.78, 5) is 0. The zero-order valence-corrected chi connectivity index (χ0v) is 15.0. The minimum Gasteiger partial charge on any atom is -0.309 e. The second-order valence-corrected chi connectivity index (χ2v) is 6.11. The van der Waals surface area contributed by atoms with E-state index in [0.29, 0.717) is 0 Å². The van der Waals surface area contributed by atoms with Gasteiger partial charge in [-0.2, -0.15) is 10.2 Å². The average molecular weight is 354 g/mol. The molecule has 116 valence electrons. The van der Waals surface area contributed by atoms with E-state index in [1.807, 2.05) is 30.4 Å². The molecule has 0 aliphatic heterocycles. The summed E-state index contributed by atoms with van der Waals surface area (Å²) in [5.74, 6) is 0. The number of nitrogens with zero attached hydrogens (tertiary/aromatic N) is 4. The van der Waals surface area contributed by atoms with E-state index in [9.17, 15) is 0 Å². The van der Waals surface area contributed by atoms with E-state index in [0.717, 1.165) is 35.2 Å². The highest BCUT2D eigenvalue weighted by Gasteiger charge is 2.20. The molecule has 21 heavy (non-hydrogen) atoms. The van der Waals surface area contributed by atoms with Gasteiger partial charge in [0.15, 0.2) is 0 Å². The Bertz CT molecular complexity index is 614. The lowest BCUT2D eigenvalue weighted by Gasteiger charge is -2.18. The lowest BCUT2D eigenvalue weighted by Crippen LogP contribution is -2.26. The van der Waals surface area contributed by atoms with Crippen LogP contribution in [0, 0.1) is 6.92 Å². The Morgan fingerprint density at radius 1 is 1.24 bits per heavy atom. The standard InChI is InChI=1S/C15H24BrN5/c1-6-11-8-13(20(4)19-11)12(17-7-2)9-14-15(16)10(3)18-21(14)5/h8,12,17H,6-7,9H2,1-5H3. The van der Waals surface area contributed by atoms with Gasteiger partial charge in [-0.15, -0.1) is 0 Å². The van der Waals surface area contributed by atoms with Gasteiger partial charge in [0.1, 0.15) is 0 Å². The summed E-state index contributed by atoms with van der Waals surface area (Å²) in [6.45, 7) is 7.21. The average Bonchev–Trinajstić information content (AvgIpc) is 2.93. The zero-order chi connectivity index (χ0) is 15.6. The molecule has 2 rings (SSSR count). The number of halogens is 1. The van der Waals surface area contributed by atoms with Gasteiger partial charge in [-0.1, -0.05) is 13.8 Å². The van der Waals surface area contributed by atoms with Crippen LogP contribution in [0.15, 0.2) is 10.5 Å². The molecule has 0 radical (unpaired) electrons. The van der Waals surface area contributed by atoms with Gasteiger partial charge in [-0.25, -0.2) is 0 Å². The number of aromatic nitrogens is 4. The van der Waals surface area contributed by atoms with Crippen LogP contribution in [-0.4, -0.2) is 26.1 Å². The van der Waals surface area contributed by atoms with Crippen molar-refractivity contribution in [1.82, 2.24) is 24.9 Å². The number of aryl methyl sites for hydroxylation is 4. The summed E-state index contributed by atoms with van der Waals surface area (Å²) in [7, 11) is 4.01. The smallest absolute Gasteiger partial charge is 0.0738 e. The number of rotatable bonds is 6. The summed E-state index contributed by atoms with van der Waals surface area (Å²) in [5, 5.41) is 12.6. The van der Waals surface area contributed by atoms with Crippen molar-refractivity contribution in [3.63, 3.8) is 0 Å². The molecule has 5 nitrogen and oxygen atoms in total. The Hall–Kier alpha value is -1.14. The molecule has 2 heterocycles. The molecule has 2 aromatic rings. The SMILES string of the molecule is CCNC(Cc1c(Br)c(C)nn1C)c1cc(CC)nn1C. The molecule has 0 spiro atoms. The monoisotopic (exact) mass is 353 g/mol. The fraction of sp³-hybridized carbons (Fsp3) is 0.600. The lowest BCUT2D eigenvalue weighted by molar-refractivity contribution is 0.492. The van der Waals surface area contributed by atoms with Crippen LogP contribution in [0.2, 0.25) is 0 Å². The second-order valence-electron chi connectivity index (χ2n) is 5.32. The number of likely N-dealkylation sites (N-methyl/N-ethyl adjacent to an activating group) is 1. The van der Waals surface area contributed by atoms with Crippen LogP contribution in [0.5, 0.6) is 0 Å². The molecule has 1 N–H and O–H groups in total. The molecule has 1 unspecified atom stereocenters. The molecule has 0 bridgehead atoms. The third-order valence-electron chi connectivity index (χ3n) is 3.80. The van der Waals surface area contributed by atoms with Crippen molar-refractivity contribution in [3.8, 4) is 0 Å². The van der Waals surface area contributed by atoms with Crippen molar-refractivity contribution in [2.45, 2.75) is 39.7 Å². The molecule has 0 aromatic carbocycles. The summed E-state index contributed by atoms with van der Waals surface area (Å²) < 4.78 is 5.05. The van der Waals surface area contributed by atoms with E-state index < -0.39 is 0 Å². The maximum Gasteiger partial charge on any atom is 0.0738 e. The molecule has 0 amide bonds. The first-order valence-electron chi connectivity index (χ1n) is 7.42. The molecule has 0 fully saturated rings. The van der Waals surface area contributed by atoms with Crippen molar-refractivity contribution >= 4 is 15.9 Å². The Labute approximate surface area is 134 Å². The first kappa shape index (κ1) is 16.2. The summed E-state index contributed by atoms with van der Waals surface area (Å²) in [5.41, 5.74) is 4.59. The summed E-state index contributed by atoms with van der Waals surface area (Å²) in [6.07, 6.45) is 1.84. The highest BCUT2D eigenvalue weighted by Crippen LogP contribution is 2.26. The number of hydrogen-bond donors (Lipinski definition) is 1. The van der Waals surface area contributed by atoms with Crippen molar-refractivity contribution in [2.75, 3.05) is 6.54 Å². The molecule has 2 aromatic heterocycles.